The van der Waals surface area contributed by atoms with Crippen LogP contribution in [0.1, 0.15) is 32.6 Å². The van der Waals surface area contributed by atoms with Crippen molar-refractivity contribution in [3.63, 3.8) is 0 Å². The molecule has 1 rings (SSSR count). The van der Waals surface area contributed by atoms with E-state index in [-0.39, 0.29) is 5.92 Å². The number of carboxylic acid groups (broad SMARTS) is 1. The van der Waals surface area contributed by atoms with Crippen molar-refractivity contribution < 1.29 is 14.6 Å². The molecule has 2 atom stereocenters. The number of nitrogens with two attached hydrogens (primary N) is 1. The molecule has 0 spiro atoms. The monoisotopic (exact) mass is 258 g/mol. The predicted octanol–water partition coefficient (Wildman–Crippen LogP) is 0.927. The Balaban J connectivity index is 2.44. The number of hydrogen-bond donors (Lipinski definition) is 2. The van der Waals surface area contributed by atoms with Crippen LogP contribution < -0.4 is 5.73 Å². The van der Waals surface area contributed by atoms with E-state index in [4.69, 9.17) is 10.5 Å². The van der Waals surface area contributed by atoms with Crippen molar-refractivity contribution in [3.8, 4) is 0 Å². The lowest BCUT2D eigenvalue weighted by atomic mass is 9.85. The lowest BCUT2D eigenvalue weighted by Crippen LogP contribution is -2.51. The normalized spacial score (nSPS) is 27.9. The van der Waals surface area contributed by atoms with E-state index in [1.54, 1.807) is 7.11 Å². The van der Waals surface area contributed by atoms with Crippen molar-refractivity contribution in [2.45, 2.75) is 38.1 Å². The Bertz CT molecular complexity index is 273. The maximum absolute atomic E-state index is 11.3. The summed E-state index contributed by atoms with van der Waals surface area (Å²) in [6, 6.07) is 0. The average Bonchev–Trinajstić information content (AvgIpc) is 2.73. The summed E-state index contributed by atoms with van der Waals surface area (Å²) in [4.78, 5) is 13.5. The van der Waals surface area contributed by atoms with Crippen LogP contribution in [0.3, 0.4) is 0 Å². The van der Waals surface area contributed by atoms with Crippen molar-refractivity contribution in [1.29, 1.82) is 0 Å². The quantitative estimate of drug-likeness (QED) is 0.677. The molecule has 1 saturated carbocycles. The standard InChI is InChI=1S/C13H26N2O3/c1-3-15(9-10-18-2)8-6-11-5-4-7-13(11,14)12(16)17/h11H,3-10,14H2,1-2H3,(H,16,17). The molecular weight excluding hydrogens is 232 g/mol. The molecule has 0 saturated heterocycles. The van der Waals surface area contributed by atoms with Crippen LogP contribution >= 0.6 is 0 Å². The van der Waals surface area contributed by atoms with Gasteiger partial charge >= 0.3 is 5.97 Å². The summed E-state index contributed by atoms with van der Waals surface area (Å²) >= 11 is 0. The van der Waals surface area contributed by atoms with Crippen molar-refractivity contribution in [2.75, 3.05) is 33.4 Å². The van der Waals surface area contributed by atoms with Crippen LogP contribution in [-0.4, -0.2) is 54.9 Å². The SMILES string of the molecule is CCN(CCOC)CCC1CCCC1(N)C(=O)O. The van der Waals surface area contributed by atoms with E-state index < -0.39 is 11.5 Å². The summed E-state index contributed by atoms with van der Waals surface area (Å²) in [7, 11) is 1.69. The van der Waals surface area contributed by atoms with Crippen LogP contribution in [0.5, 0.6) is 0 Å². The summed E-state index contributed by atoms with van der Waals surface area (Å²) in [5.74, 6) is -0.739. The minimum absolute atomic E-state index is 0.103. The molecule has 5 heteroatoms. The Labute approximate surface area is 109 Å². The van der Waals surface area contributed by atoms with Gasteiger partial charge in [-0.3, -0.25) is 4.79 Å². The van der Waals surface area contributed by atoms with Gasteiger partial charge < -0.3 is 20.5 Å². The summed E-state index contributed by atoms with van der Waals surface area (Å²) in [5.41, 5.74) is 5.03. The second kappa shape index (κ2) is 7.07. The highest BCUT2D eigenvalue weighted by Gasteiger charge is 2.45. The van der Waals surface area contributed by atoms with Gasteiger partial charge in [-0.2, -0.15) is 0 Å². The van der Waals surface area contributed by atoms with Crippen LogP contribution in [0.25, 0.3) is 0 Å². The molecule has 1 aliphatic carbocycles. The molecule has 0 aromatic rings. The zero-order valence-corrected chi connectivity index (χ0v) is 11.5. The van der Waals surface area contributed by atoms with Gasteiger partial charge in [0, 0.05) is 13.7 Å². The fraction of sp³-hybridized carbons (Fsp3) is 0.923. The molecular formula is C13H26N2O3. The van der Waals surface area contributed by atoms with E-state index in [1.807, 2.05) is 0 Å². The first-order valence-electron chi connectivity index (χ1n) is 6.78. The van der Waals surface area contributed by atoms with E-state index in [9.17, 15) is 9.90 Å². The minimum atomic E-state index is -0.999. The Morgan fingerprint density at radius 1 is 1.56 bits per heavy atom. The molecule has 18 heavy (non-hydrogen) atoms. The second-order valence-corrected chi connectivity index (χ2v) is 5.15. The van der Waals surface area contributed by atoms with E-state index in [0.717, 1.165) is 38.9 Å². The molecule has 1 aliphatic rings. The first-order valence-corrected chi connectivity index (χ1v) is 6.78. The molecule has 0 bridgehead atoms. The Kier molecular flexibility index (Phi) is 6.05. The molecule has 2 unspecified atom stereocenters. The number of carboxylic acids is 1. The van der Waals surface area contributed by atoms with E-state index in [0.29, 0.717) is 13.0 Å². The predicted molar refractivity (Wildman–Crippen MR) is 70.5 cm³/mol. The highest BCUT2D eigenvalue weighted by Crippen LogP contribution is 2.36. The van der Waals surface area contributed by atoms with Gasteiger partial charge in [0.05, 0.1) is 6.61 Å². The molecule has 0 radical (unpaired) electrons. The largest absolute Gasteiger partial charge is 0.480 e. The van der Waals surface area contributed by atoms with Crippen LogP contribution in [-0.2, 0) is 9.53 Å². The highest BCUT2D eigenvalue weighted by molar-refractivity contribution is 5.79. The number of nitrogens with zero attached hydrogens (tertiary/aromatic N) is 1. The van der Waals surface area contributed by atoms with Crippen LogP contribution in [0, 0.1) is 5.92 Å². The van der Waals surface area contributed by atoms with Crippen molar-refractivity contribution in [1.82, 2.24) is 4.90 Å². The third kappa shape index (κ3) is 3.67. The molecule has 0 aromatic carbocycles. The number of rotatable bonds is 8. The topological polar surface area (TPSA) is 75.8 Å². The zero-order valence-electron chi connectivity index (χ0n) is 11.5. The zero-order chi connectivity index (χ0) is 13.6. The maximum atomic E-state index is 11.3. The Morgan fingerprint density at radius 3 is 2.83 bits per heavy atom. The fourth-order valence-corrected chi connectivity index (χ4v) is 2.77. The smallest absolute Gasteiger partial charge is 0.323 e. The van der Waals surface area contributed by atoms with Gasteiger partial charge in [0.2, 0.25) is 0 Å². The minimum Gasteiger partial charge on any atom is -0.480 e. The van der Waals surface area contributed by atoms with Crippen LogP contribution in [0.2, 0.25) is 0 Å². The number of methoxy groups -OCH3 is 1. The highest BCUT2D eigenvalue weighted by atomic mass is 16.5. The second-order valence-electron chi connectivity index (χ2n) is 5.15. The molecule has 0 amide bonds. The third-order valence-corrected chi connectivity index (χ3v) is 4.12. The summed E-state index contributed by atoms with van der Waals surface area (Å²) in [6.45, 7) is 5.57. The first kappa shape index (κ1) is 15.4. The first-order chi connectivity index (χ1) is 8.54. The van der Waals surface area contributed by atoms with Crippen LogP contribution in [0.4, 0.5) is 0 Å². The molecule has 0 aliphatic heterocycles. The van der Waals surface area contributed by atoms with Crippen molar-refractivity contribution >= 4 is 5.97 Å². The van der Waals surface area contributed by atoms with E-state index in [2.05, 4.69) is 11.8 Å². The Hall–Kier alpha value is -0.650. The summed E-state index contributed by atoms with van der Waals surface area (Å²) < 4.78 is 5.06. The van der Waals surface area contributed by atoms with Crippen molar-refractivity contribution in [2.24, 2.45) is 11.7 Å². The van der Waals surface area contributed by atoms with Gasteiger partial charge in [-0.1, -0.05) is 13.3 Å². The van der Waals surface area contributed by atoms with E-state index >= 15 is 0 Å². The van der Waals surface area contributed by atoms with Gasteiger partial charge in [-0.25, -0.2) is 0 Å². The fourth-order valence-electron chi connectivity index (χ4n) is 2.77. The van der Waals surface area contributed by atoms with E-state index in [1.165, 1.54) is 0 Å². The van der Waals surface area contributed by atoms with Crippen molar-refractivity contribution in [3.05, 3.63) is 0 Å². The molecule has 3 N–H and O–H groups in total. The van der Waals surface area contributed by atoms with Gasteiger partial charge in [0.15, 0.2) is 0 Å². The summed E-state index contributed by atoms with van der Waals surface area (Å²) in [6.07, 6.45) is 3.33. The summed E-state index contributed by atoms with van der Waals surface area (Å²) in [5, 5.41) is 9.25. The number of carbonyl (C=O) groups is 1. The molecule has 1 fully saturated rings. The average molecular weight is 258 g/mol. The van der Waals surface area contributed by atoms with Crippen LogP contribution in [0.15, 0.2) is 0 Å². The molecule has 106 valence electrons. The molecule has 0 heterocycles. The molecule has 0 aromatic heterocycles. The number of aliphatic carboxylic acids is 1. The number of hydrogen-bond acceptors (Lipinski definition) is 4. The number of likely N-dealkylation sites (N-methyl/N-ethyl adjacent to an activating group) is 1. The van der Waals surface area contributed by atoms with Gasteiger partial charge in [-0.05, 0) is 38.3 Å². The van der Waals surface area contributed by atoms with Gasteiger partial charge in [-0.15, -0.1) is 0 Å². The number of ether oxygens (including phenoxy) is 1. The Morgan fingerprint density at radius 2 is 2.28 bits per heavy atom. The maximum Gasteiger partial charge on any atom is 0.323 e. The lowest BCUT2D eigenvalue weighted by molar-refractivity contribution is -0.144. The van der Waals surface area contributed by atoms with Gasteiger partial charge in [0.1, 0.15) is 5.54 Å². The lowest BCUT2D eigenvalue weighted by Gasteiger charge is -2.29. The third-order valence-electron chi connectivity index (χ3n) is 4.12. The van der Waals surface area contributed by atoms with Gasteiger partial charge in [0.25, 0.3) is 0 Å². The molecule has 5 nitrogen and oxygen atoms in total.